The van der Waals surface area contributed by atoms with Crippen molar-refractivity contribution in [3.8, 4) is 22.9 Å². The number of pyridine rings is 1. The summed E-state index contributed by atoms with van der Waals surface area (Å²) in [5.74, 6) is 1.67. The summed E-state index contributed by atoms with van der Waals surface area (Å²) in [6.07, 6.45) is 6.55. The summed E-state index contributed by atoms with van der Waals surface area (Å²) in [4.78, 5) is 25.8. The molecule has 39 heavy (non-hydrogen) atoms. The van der Waals surface area contributed by atoms with Gasteiger partial charge in [-0.3, -0.25) is 0 Å². The molecule has 1 amide bonds. The Bertz CT molecular complexity index is 1460. The van der Waals surface area contributed by atoms with Crippen molar-refractivity contribution in [1.29, 1.82) is 0 Å². The van der Waals surface area contributed by atoms with Crippen LogP contribution in [0.2, 0.25) is 0 Å². The SMILES string of the molecule is CC(C)(C)OC(=O)NC1CCC(Nc2nccc(-c3cccnc3Oc3cccc4c(N)cccc34)n2)CC1. The Labute approximate surface area is 228 Å². The van der Waals surface area contributed by atoms with Crippen molar-refractivity contribution in [2.45, 2.75) is 64.1 Å². The van der Waals surface area contributed by atoms with Crippen LogP contribution in [-0.4, -0.2) is 38.7 Å². The van der Waals surface area contributed by atoms with Gasteiger partial charge in [0.2, 0.25) is 11.8 Å². The van der Waals surface area contributed by atoms with Crippen LogP contribution < -0.4 is 21.1 Å². The van der Waals surface area contributed by atoms with E-state index < -0.39 is 5.60 Å². The Kier molecular flexibility index (Phi) is 7.49. The van der Waals surface area contributed by atoms with Gasteiger partial charge < -0.3 is 25.8 Å². The molecule has 5 rings (SSSR count). The number of alkyl carbamates (subject to hydrolysis) is 1. The second-order valence-electron chi connectivity index (χ2n) is 10.8. The van der Waals surface area contributed by atoms with Crippen molar-refractivity contribution in [2.75, 3.05) is 11.1 Å². The van der Waals surface area contributed by atoms with E-state index in [2.05, 4.69) is 20.6 Å². The molecule has 1 fully saturated rings. The monoisotopic (exact) mass is 526 g/mol. The minimum absolute atomic E-state index is 0.102. The molecular formula is C30H34N6O3. The third-order valence-corrected chi connectivity index (χ3v) is 6.61. The van der Waals surface area contributed by atoms with Gasteiger partial charge in [-0.25, -0.2) is 19.7 Å². The van der Waals surface area contributed by atoms with Gasteiger partial charge in [0.25, 0.3) is 0 Å². The molecule has 0 saturated heterocycles. The van der Waals surface area contributed by atoms with Gasteiger partial charge in [0.1, 0.15) is 11.4 Å². The third kappa shape index (κ3) is 6.54. The number of nitrogens with zero attached hydrogens (tertiary/aromatic N) is 3. The number of rotatable bonds is 6. The van der Waals surface area contributed by atoms with Crippen LogP contribution in [0.4, 0.5) is 16.4 Å². The maximum absolute atomic E-state index is 12.1. The zero-order chi connectivity index (χ0) is 27.4. The number of hydrogen-bond acceptors (Lipinski definition) is 8. The second-order valence-corrected chi connectivity index (χ2v) is 10.8. The minimum Gasteiger partial charge on any atom is -0.444 e. The highest BCUT2D eigenvalue weighted by atomic mass is 16.6. The van der Waals surface area contributed by atoms with Gasteiger partial charge >= 0.3 is 6.09 Å². The molecule has 0 unspecified atom stereocenters. The van der Waals surface area contributed by atoms with Crippen LogP contribution in [0.15, 0.2) is 67.0 Å². The van der Waals surface area contributed by atoms with E-state index in [0.717, 1.165) is 42.0 Å². The molecule has 9 heteroatoms. The summed E-state index contributed by atoms with van der Waals surface area (Å²) in [6, 6.07) is 17.5. The molecule has 4 N–H and O–H groups in total. The Balaban J connectivity index is 1.27. The molecule has 0 radical (unpaired) electrons. The molecule has 1 saturated carbocycles. The summed E-state index contributed by atoms with van der Waals surface area (Å²) in [6.45, 7) is 5.59. The van der Waals surface area contributed by atoms with Crippen molar-refractivity contribution >= 4 is 28.5 Å². The smallest absolute Gasteiger partial charge is 0.407 e. The number of benzene rings is 2. The zero-order valence-electron chi connectivity index (χ0n) is 22.5. The molecule has 202 valence electrons. The molecule has 2 aromatic carbocycles. The first-order valence-electron chi connectivity index (χ1n) is 13.2. The highest BCUT2D eigenvalue weighted by Gasteiger charge is 2.25. The normalized spacial score (nSPS) is 17.4. The number of nitrogens with one attached hydrogen (secondary N) is 2. The molecule has 0 bridgehead atoms. The molecule has 9 nitrogen and oxygen atoms in total. The number of hydrogen-bond donors (Lipinski definition) is 3. The Hall–Kier alpha value is -4.40. The van der Waals surface area contributed by atoms with Crippen LogP contribution >= 0.6 is 0 Å². The standard InChI is InChI=1S/C30H34N6O3/c1-30(2,3)39-29(37)35-20-14-12-19(13-15-20)34-28-33-18-16-25(36-28)23-9-6-17-32-27(23)38-26-11-5-7-21-22(26)8-4-10-24(21)31/h4-11,16-20H,12-15,31H2,1-3H3,(H,35,37)(H,33,34,36). The molecule has 1 aliphatic rings. The fourth-order valence-electron chi connectivity index (χ4n) is 4.78. The van der Waals surface area contributed by atoms with E-state index in [1.54, 1.807) is 12.4 Å². The van der Waals surface area contributed by atoms with Crippen molar-refractivity contribution in [3.05, 3.63) is 67.0 Å². The van der Waals surface area contributed by atoms with Crippen molar-refractivity contribution in [1.82, 2.24) is 20.3 Å². The van der Waals surface area contributed by atoms with Crippen molar-refractivity contribution in [3.63, 3.8) is 0 Å². The summed E-state index contributed by atoms with van der Waals surface area (Å²) < 4.78 is 11.7. The number of carbonyl (C=O) groups is 1. The summed E-state index contributed by atoms with van der Waals surface area (Å²) >= 11 is 0. The lowest BCUT2D eigenvalue weighted by Crippen LogP contribution is -2.42. The number of ether oxygens (including phenoxy) is 2. The lowest BCUT2D eigenvalue weighted by molar-refractivity contribution is 0.0492. The first-order valence-corrected chi connectivity index (χ1v) is 13.2. The number of carbonyl (C=O) groups excluding carboxylic acids is 1. The quantitative estimate of drug-likeness (QED) is 0.250. The van der Waals surface area contributed by atoms with Gasteiger partial charge in [0, 0.05) is 40.9 Å². The number of aromatic nitrogens is 3. The third-order valence-electron chi connectivity index (χ3n) is 6.61. The van der Waals surface area contributed by atoms with Crippen LogP contribution in [-0.2, 0) is 4.74 Å². The fourth-order valence-corrected chi connectivity index (χ4v) is 4.78. The first kappa shape index (κ1) is 26.2. The van der Waals surface area contributed by atoms with E-state index in [0.29, 0.717) is 29.0 Å². The summed E-state index contributed by atoms with van der Waals surface area (Å²) in [5.41, 5.74) is 7.82. The van der Waals surface area contributed by atoms with E-state index in [1.165, 1.54) is 0 Å². The van der Waals surface area contributed by atoms with Gasteiger partial charge in [0.15, 0.2) is 0 Å². The van der Waals surface area contributed by atoms with E-state index in [1.807, 2.05) is 75.4 Å². The number of anilines is 2. The fraction of sp³-hybridized carbons (Fsp3) is 0.333. The average Bonchev–Trinajstić information content (AvgIpc) is 2.90. The number of nitrogens with two attached hydrogens (primary N) is 1. The van der Waals surface area contributed by atoms with Crippen LogP contribution in [0.25, 0.3) is 22.0 Å². The maximum Gasteiger partial charge on any atom is 0.407 e. The zero-order valence-corrected chi connectivity index (χ0v) is 22.5. The summed E-state index contributed by atoms with van der Waals surface area (Å²) in [7, 11) is 0. The van der Waals surface area contributed by atoms with E-state index in [-0.39, 0.29) is 18.2 Å². The van der Waals surface area contributed by atoms with Gasteiger partial charge in [-0.15, -0.1) is 0 Å². The topological polar surface area (TPSA) is 124 Å². The second kappa shape index (κ2) is 11.1. The Morgan fingerprint density at radius 1 is 0.897 bits per heavy atom. The molecule has 4 aromatic rings. The lowest BCUT2D eigenvalue weighted by Gasteiger charge is -2.30. The Morgan fingerprint density at radius 2 is 1.64 bits per heavy atom. The highest BCUT2D eigenvalue weighted by molar-refractivity contribution is 5.97. The molecular weight excluding hydrogens is 492 g/mol. The molecule has 0 aliphatic heterocycles. The lowest BCUT2D eigenvalue weighted by atomic mass is 9.91. The largest absolute Gasteiger partial charge is 0.444 e. The Morgan fingerprint density at radius 3 is 2.44 bits per heavy atom. The molecule has 2 heterocycles. The molecule has 0 spiro atoms. The van der Waals surface area contributed by atoms with Crippen LogP contribution in [0.1, 0.15) is 46.5 Å². The van der Waals surface area contributed by atoms with E-state index >= 15 is 0 Å². The number of amides is 1. The first-order chi connectivity index (χ1) is 18.7. The highest BCUT2D eigenvalue weighted by Crippen LogP contribution is 2.35. The van der Waals surface area contributed by atoms with Gasteiger partial charge in [-0.05, 0) is 76.8 Å². The summed E-state index contributed by atoms with van der Waals surface area (Å²) in [5, 5.41) is 8.28. The number of fused-ring (bicyclic) bond motifs is 1. The number of nitrogen functional groups attached to an aromatic ring is 1. The van der Waals surface area contributed by atoms with Crippen molar-refractivity contribution < 1.29 is 14.3 Å². The average molecular weight is 527 g/mol. The van der Waals surface area contributed by atoms with Crippen LogP contribution in [0, 0.1) is 0 Å². The van der Waals surface area contributed by atoms with Crippen LogP contribution in [0.5, 0.6) is 11.6 Å². The molecule has 1 aliphatic carbocycles. The predicted octanol–water partition coefficient (Wildman–Crippen LogP) is 6.31. The van der Waals surface area contributed by atoms with E-state index in [9.17, 15) is 4.79 Å². The maximum atomic E-state index is 12.1. The van der Waals surface area contributed by atoms with Gasteiger partial charge in [0.05, 0.1) is 11.3 Å². The van der Waals surface area contributed by atoms with Gasteiger partial charge in [-0.2, -0.15) is 0 Å². The van der Waals surface area contributed by atoms with Crippen molar-refractivity contribution in [2.24, 2.45) is 0 Å². The van der Waals surface area contributed by atoms with Crippen LogP contribution in [0.3, 0.4) is 0 Å². The van der Waals surface area contributed by atoms with E-state index in [4.69, 9.17) is 20.2 Å². The molecule has 0 atom stereocenters. The minimum atomic E-state index is -0.507. The van der Waals surface area contributed by atoms with Gasteiger partial charge in [-0.1, -0.05) is 24.3 Å². The predicted molar refractivity (Wildman–Crippen MR) is 153 cm³/mol. The molecule has 2 aromatic heterocycles.